The first-order valence-corrected chi connectivity index (χ1v) is 9.10. The van der Waals surface area contributed by atoms with Crippen LogP contribution < -0.4 is 19.8 Å². The third kappa shape index (κ3) is 4.52. The minimum Gasteiger partial charge on any atom is -0.496 e. The van der Waals surface area contributed by atoms with Crippen molar-refractivity contribution in [2.75, 3.05) is 32.2 Å². The topological polar surface area (TPSA) is 63.2 Å². The van der Waals surface area contributed by atoms with Crippen LogP contribution in [0.1, 0.15) is 28.8 Å². The summed E-state index contributed by atoms with van der Waals surface area (Å²) < 4.78 is 11.0. The van der Waals surface area contributed by atoms with Crippen LogP contribution in [0, 0.1) is 0 Å². The van der Waals surface area contributed by atoms with Crippen molar-refractivity contribution in [3.05, 3.63) is 52.5 Å². The Kier molecular flexibility index (Phi) is 6.19. The van der Waals surface area contributed by atoms with E-state index in [0.717, 1.165) is 24.5 Å². The standard InChI is InChI=1S/C20H22ClN3O3/c1-26-18-12-17(24-8-3-4-9-24)19(27-2)11-15(18)13-22-23-20(25)14-6-5-7-16(21)10-14/h5-7,10-13H,3-4,8-9H2,1-2H3,(H,23,25)/b22-13-. The van der Waals surface area contributed by atoms with Crippen molar-refractivity contribution in [1.29, 1.82) is 0 Å². The first-order valence-electron chi connectivity index (χ1n) is 8.72. The molecule has 0 aliphatic carbocycles. The number of methoxy groups -OCH3 is 2. The molecule has 1 heterocycles. The van der Waals surface area contributed by atoms with Gasteiger partial charge in [-0.25, -0.2) is 5.43 Å². The zero-order valence-corrected chi connectivity index (χ0v) is 16.1. The van der Waals surface area contributed by atoms with Crippen LogP contribution in [0.2, 0.25) is 5.02 Å². The van der Waals surface area contributed by atoms with Crippen molar-refractivity contribution in [3.8, 4) is 11.5 Å². The molecular weight excluding hydrogens is 366 g/mol. The molecule has 1 aliphatic rings. The van der Waals surface area contributed by atoms with Gasteiger partial charge in [0.15, 0.2) is 0 Å². The van der Waals surface area contributed by atoms with Gasteiger partial charge in [0, 0.05) is 35.3 Å². The van der Waals surface area contributed by atoms with Crippen LogP contribution >= 0.6 is 11.6 Å². The zero-order valence-electron chi connectivity index (χ0n) is 15.4. The maximum atomic E-state index is 12.1. The maximum absolute atomic E-state index is 12.1. The third-order valence-corrected chi connectivity index (χ3v) is 4.67. The van der Waals surface area contributed by atoms with Gasteiger partial charge in [0.1, 0.15) is 11.5 Å². The summed E-state index contributed by atoms with van der Waals surface area (Å²) in [5.41, 5.74) is 4.65. The number of hydrazone groups is 1. The van der Waals surface area contributed by atoms with E-state index in [1.165, 1.54) is 19.1 Å². The Morgan fingerprint density at radius 3 is 2.56 bits per heavy atom. The number of rotatable bonds is 6. The lowest BCUT2D eigenvalue weighted by atomic mass is 10.1. The van der Waals surface area contributed by atoms with Gasteiger partial charge in [0.2, 0.25) is 0 Å². The fourth-order valence-electron chi connectivity index (χ4n) is 3.07. The molecule has 0 saturated carbocycles. The normalized spacial score (nSPS) is 13.8. The lowest BCUT2D eigenvalue weighted by molar-refractivity contribution is 0.0955. The van der Waals surface area contributed by atoms with E-state index >= 15 is 0 Å². The molecule has 1 N–H and O–H groups in total. The molecule has 0 atom stereocenters. The number of ether oxygens (including phenoxy) is 2. The fourth-order valence-corrected chi connectivity index (χ4v) is 3.26. The molecule has 1 amide bonds. The minimum absolute atomic E-state index is 0.339. The van der Waals surface area contributed by atoms with E-state index in [-0.39, 0.29) is 5.91 Å². The van der Waals surface area contributed by atoms with Crippen LogP contribution in [0.3, 0.4) is 0 Å². The van der Waals surface area contributed by atoms with E-state index in [1.54, 1.807) is 38.5 Å². The van der Waals surface area contributed by atoms with Gasteiger partial charge in [0.25, 0.3) is 5.91 Å². The molecule has 1 aliphatic heterocycles. The summed E-state index contributed by atoms with van der Waals surface area (Å²) in [7, 11) is 3.25. The van der Waals surface area contributed by atoms with Gasteiger partial charge in [-0.3, -0.25) is 4.79 Å². The van der Waals surface area contributed by atoms with Crippen LogP contribution in [0.15, 0.2) is 41.5 Å². The molecule has 0 radical (unpaired) electrons. The molecule has 27 heavy (non-hydrogen) atoms. The second kappa shape index (κ2) is 8.77. The molecule has 1 fully saturated rings. The van der Waals surface area contributed by atoms with Crippen LogP contribution in [-0.2, 0) is 0 Å². The summed E-state index contributed by atoms with van der Waals surface area (Å²) in [4.78, 5) is 14.4. The smallest absolute Gasteiger partial charge is 0.271 e. The van der Waals surface area contributed by atoms with E-state index in [0.29, 0.717) is 21.9 Å². The van der Waals surface area contributed by atoms with Gasteiger partial charge in [-0.05, 0) is 37.1 Å². The number of halogens is 1. The van der Waals surface area contributed by atoms with Crippen molar-refractivity contribution >= 4 is 29.4 Å². The number of anilines is 1. The Balaban J connectivity index is 1.79. The van der Waals surface area contributed by atoms with Crippen molar-refractivity contribution in [1.82, 2.24) is 5.43 Å². The number of benzene rings is 2. The summed E-state index contributed by atoms with van der Waals surface area (Å²) in [6.07, 6.45) is 3.88. The average Bonchev–Trinajstić information content (AvgIpc) is 3.22. The number of nitrogens with one attached hydrogen (secondary N) is 1. The van der Waals surface area contributed by atoms with Gasteiger partial charge in [-0.15, -0.1) is 0 Å². The number of amides is 1. The molecule has 7 heteroatoms. The molecule has 142 valence electrons. The quantitative estimate of drug-likeness (QED) is 0.606. The monoisotopic (exact) mass is 387 g/mol. The first kappa shape index (κ1) is 19.0. The Hall–Kier alpha value is -2.73. The van der Waals surface area contributed by atoms with Crippen LogP contribution in [0.4, 0.5) is 5.69 Å². The summed E-state index contributed by atoms with van der Waals surface area (Å²) in [5, 5.41) is 4.54. The van der Waals surface area contributed by atoms with Crippen molar-refractivity contribution in [2.24, 2.45) is 5.10 Å². The second-order valence-electron chi connectivity index (χ2n) is 6.17. The van der Waals surface area contributed by atoms with Gasteiger partial charge < -0.3 is 14.4 Å². The van der Waals surface area contributed by atoms with Crippen molar-refractivity contribution < 1.29 is 14.3 Å². The van der Waals surface area contributed by atoms with Gasteiger partial charge >= 0.3 is 0 Å². The highest BCUT2D eigenvalue weighted by Crippen LogP contribution is 2.36. The zero-order chi connectivity index (χ0) is 19.2. The lowest BCUT2D eigenvalue weighted by Gasteiger charge is -2.22. The SMILES string of the molecule is COc1cc(N2CCCC2)c(OC)cc1/C=N\NC(=O)c1cccc(Cl)c1. The Bertz CT molecular complexity index is 848. The molecule has 3 rings (SSSR count). The van der Waals surface area contributed by atoms with Gasteiger partial charge in [-0.1, -0.05) is 17.7 Å². The molecule has 1 saturated heterocycles. The lowest BCUT2D eigenvalue weighted by Crippen LogP contribution is -2.19. The number of nitrogens with zero attached hydrogens (tertiary/aromatic N) is 2. The van der Waals surface area contributed by atoms with E-state index in [1.807, 2.05) is 12.1 Å². The van der Waals surface area contributed by atoms with E-state index in [2.05, 4.69) is 15.4 Å². The highest BCUT2D eigenvalue weighted by atomic mass is 35.5. The van der Waals surface area contributed by atoms with E-state index in [9.17, 15) is 4.79 Å². The molecule has 0 bridgehead atoms. The van der Waals surface area contributed by atoms with Gasteiger partial charge in [-0.2, -0.15) is 5.10 Å². The Labute approximate surface area is 163 Å². The molecular formula is C20H22ClN3O3. The molecule has 0 spiro atoms. The number of hydrogen-bond acceptors (Lipinski definition) is 5. The first-order chi connectivity index (χ1) is 13.1. The average molecular weight is 388 g/mol. The van der Waals surface area contributed by atoms with Gasteiger partial charge in [0.05, 0.1) is 26.1 Å². The summed E-state index contributed by atoms with van der Waals surface area (Å²) in [5.74, 6) is 1.08. The number of carbonyl (C=O) groups excluding carboxylic acids is 1. The summed E-state index contributed by atoms with van der Waals surface area (Å²) in [6, 6.07) is 10.5. The minimum atomic E-state index is -0.339. The third-order valence-electron chi connectivity index (χ3n) is 4.43. The summed E-state index contributed by atoms with van der Waals surface area (Å²) >= 11 is 5.91. The van der Waals surface area contributed by atoms with E-state index < -0.39 is 0 Å². The predicted molar refractivity (Wildman–Crippen MR) is 108 cm³/mol. The van der Waals surface area contributed by atoms with Crippen LogP contribution in [-0.4, -0.2) is 39.4 Å². The Morgan fingerprint density at radius 2 is 1.89 bits per heavy atom. The van der Waals surface area contributed by atoms with Crippen molar-refractivity contribution in [3.63, 3.8) is 0 Å². The molecule has 6 nitrogen and oxygen atoms in total. The largest absolute Gasteiger partial charge is 0.496 e. The predicted octanol–water partition coefficient (Wildman–Crippen LogP) is 3.72. The van der Waals surface area contributed by atoms with Crippen LogP contribution in [0.25, 0.3) is 0 Å². The highest BCUT2D eigenvalue weighted by Gasteiger charge is 2.19. The Morgan fingerprint density at radius 1 is 1.15 bits per heavy atom. The number of carbonyl (C=O) groups is 1. The fraction of sp³-hybridized carbons (Fsp3) is 0.300. The molecule has 0 unspecified atom stereocenters. The molecule has 2 aromatic rings. The maximum Gasteiger partial charge on any atom is 0.271 e. The number of hydrogen-bond donors (Lipinski definition) is 1. The second-order valence-corrected chi connectivity index (χ2v) is 6.61. The van der Waals surface area contributed by atoms with E-state index in [4.69, 9.17) is 21.1 Å². The molecule has 0 aromatic heterocycles. The van der Waals surface area contributed by atoms with Crippen molar-refractivity contribution in [2.45, 2.75) is 12.8 Å². The summed E-state index contributed by atoms with van der Waals surface area (Å²) in [6.45, 7) is 2.01. The van der Waals surface area contributed by atoms with Crippen LogP contribution in [0.5, 0.6) is 11.5 Å². The molecule has 2 aromatic carbocycles. The highest BCUT2D eigenvalue weighted by molar-refractivity contribution is 6.30.